The van der Waals surface area contributed by atoms with Crippen LogP contribution in [-0.2, 0) is 4.79 Å². The molecule has 2 amide bonds. The molecule has 3 rings (SSSR count). The number of hydrogen-bond donors (Lipinski definition) is 2. The number of amides is 2. The summed E-state index contributed by atoms with van der Waals surface area (Å²) in [7, 11) is 0. The van der Waals surface area contributed by atoms with Crippen molar-refractivity contribution in [3.05, 3.63) is 59.9 Å². The van der Waals surface area contributed by atoms with Crippen LogP contribution < -0.4 is 10.6 Å². The zero-order valence-electron chi connectivity index (χ0n) is 13.3. The maximum absolute atomic E-state index is 12.3. The summed E-state index contributed by atoms with van der Waals surface area (Å²) < 4.78 is 0. The first-order chi connectivity index (χ1) is 11.5. The second kappa shape index (κ2) is 6.45. The van der Waals surface area contributed by atoms with E-state index in [2.05, 4.69) is 20.6 Å². The van der Waals surface area contributed by atoms with E-state index in [0.29, 0.717) is 28.0 Å². The number of nitrogens with one attached hydrogen (secondary N) is 2. The fourth-order valence-corrected chi connectivity index (χ4v) is 2.31. The maximum Gasteiger partial charge on any atom is 0.255 e. The van der Waals surface area contributed by atoms with Crippen molar-refractivity contribution in [3.8, 4) is 0 Å². The van der Waals surface area contributed by atoms with Crippen molar-refractivity contribution in [2.75, 3.05) is 10.6 Å². The number of carbonyl (C=O) groups excluding carboxylic acids is 2. The van der Waals surface area contributed by atoms with Crippen LogP contribution in [0, 0.1) is 6.92 Å². The minimum Gasteiger partial charge on any atom is -0.322 e. The summed E-state index contributed by atoms with van der Waals surface area (Å²) in [6, 6.07) is 12.6. The second-order valence-corrected chi connectivity index (χ2v) is 5.46. The Morgan fingerprint density at radius 1 is 0.958 bits per heavy atom. The zero-order chi connectivity index (χ0) is 17.1. The molecule has 1 heterocycles. The number of benzene rings is 2. The number of aromatic nitrogens is 2. The Morgan fingerprint density at radius 3 is 2.42 bits per heavy atom. The molecule has 0 saturated heterocycles. The third-order valence-corrected chi connectivity index (χ3v) is 3.50. The number of fused-ring (bicyclic) bond motifs is 1. The van der Waals surface area contributed by atoms with Gasteiger partial charge in [0.25, 0.3) is 5.91 Å². The predicted molar refractivity (Wildman–Crippen MR) is 93.0 cm³/mol. The number of hydrogen-bond acceptors (Lipinski definition) is 4. The summed E-state index contributed by atoms with van der Waals surface area (Å²) in [5, 5.41) is 6.17. The molecule has 0 saturated carbocycles. The Bertz CT molecular complexity index is 920. The van der Waals surface area contributed by atoms with Crippen LogP contribution in [0.15, 0.2) is 48.8 Å². The third kappa shape index (κ3) is 3.38. The van der Waals surface area contributed by atoms with E-state index in [1.54, 1.807) is 30.3 Å². The topological polar surface area (TPSA) is 84.0 Å². The predicted octanol–water partition coefficient (Wildman–Crippen LogP) is 3.15. The molecule has 120 valence electrons. The Morgan fingerprint density at radius 2 is 1.71 bits per heavy atom. The van der Waals surface area contributed by atoms with Gasteiger partial charge in [-0.25, -0.2) is 9.97 Å². The highest BCUT2D eigenvalue weighted by atomic mass is 16.2. The molecule has 6 nitrogen and oxygen atoms in total. The van der Waals surface area contributed by atoms with Gasteiger partial charge in [-0.2, -0.15) is 0 Å². The van der Waals surface area contributed by atoms with Gasteiger partial charge in [0, 0.05) is 23.6 Å². The first kappa shape index (κ1) is 15.6. The van der Waals surface area contributed by atoms with Crippen LogP contribution in [0.1, 0.15) is 22.8 Å². The molecule has 0 radical (unpaired) electrons. The van der Waals surface area contributed by atoms with Gasteiger partial charge >= 0.3 is 0 Å². The Kier molecular flexibility index (Phi) is 4.20. The van der Waals surface area contributed by atoms with Crippen LogP contribution in [-0.4, -0.2) is 21.8 Å². The maximum atomic E-state index is 12.3. The van der Waals surface area contributed by atoms with Gasteiger partial charge in [0.15, 0.2) is 0 Å². The molecule has 0 spiro atoms. The highest BCUT2D eigenvalue weighted by Gasteiger charge is 2.09. The summed E-state index contributed by atoms with van der Waals surface area (Å²) in [6.07, 6.45) is 1.39. The van der Waals surface area contributed by atoms with Gasteiger partial charge < -0.3 is 10.6 Å². The molecule has 0 aliphatic heterocycles. The molecule has 6 heteroatoms. The van der Waals surface area contributed by atoms with E-state index in [9.17, 15) is 9.59 Å². The van der Waals surface area contributed by atoms with Crippen LogP contribution in [0.25, 0.3) is 10.9 Å². The molecule has 0 aliphatic carbocycles. The Labute approximate surface area is 138 Å². The minimum atomic E-state index is -0.218. The van der Waals surface area contributed by atoms with E-state index in [0.717, 1.165) is 5.56 Å². The normalized spacial score (nSPS) is 10.4. The third-order valence-electron chi connectivity index (χ3n) is 3.50. The highest BCUT2D eigenvalue weighted by molar-refractivity contribution is 6.06. The van der Waals surface area contributed by atoms with Gasteiger partial charge in [-0.15, -0.1) is 0 Å². The van der Waals surface area contributed by atoms with E-state index in [1.165, 1.54) is 13.3 Å². The summed E-state index contributed by atoms with van der Waals surface area (Å²) in [4.78, 5) is 31.8. The number of nitrogens with zero attached hydrogens (tertiary/aromatic N) is 2. The smallest absolute Gasteiger partial charge is 0.255 e. The van der Waals surface area contributed by atoms with E-state index < -0.39 is 0 Å². The Hall–Kier alpha value is -3.28. The Balaban J connectivity index is 1.91. The van der Waals surface area contributed by atoms with Crippen LogP contribution in [0.5, 0.6) is 0 Å². The summed E-state index contributed by atoms with van der Waals surface area (Å²) >= 11 is 0. The van der Waals surface area contributed by atoms with Crippen LogP contribution in [0.2, 0.25) is 0 Å². The van der Waals surface area contributed by atoms with Gasteiger partial charge in [-0.3, -0.25) is 9.59 Å². The number of rotatable bonds is 3. The van der Waals surface area contributed by atoms with Gasteiger partial charge in [-0.05, 0) is 37.3 Å². The molecule has 0 atom stereocenters. The molecule has 0 aliphatic rings. The number of anilines is 2. The van der Waals surface area contributed by atoms with Gasteiger partial charge in [0.05, 0.1) is 5.52 Å². The highest BCUT2D eigenvalue weighted by Crippen LogP contribution is 2.23. The van der Waals surface area contributed by atoms with Gasteiger partial charge in [0.2, 0.25) is 5.91 Å². The fourth-order valence-electron chi connectivity index (χ4n) is 2.31. The lowest BCUT2D eigenvalue weighted by molar-refractivity contribution is -0.114. The number of aryl methyl sites for hydroxylation is 1. The molecule has 0 unspecified atom stereocenters. The molecule has 3 aromatic rings. The first-order valence-electron chi connectivity index (χ1n) is 7.43. The van der Waals surface area contributed by atoms with Gasteiger partial charge in [0.1, 0.15) is 12.1 Å². The average Bonchev–Trinajstić information content (AvgIpc) is 2.55. The monoisotopic (exact) mass is 320 g/mol. The van der Waals surface area contributed by atoms with Gasteiger partial charge in [-0.1, -0.05) is 17.7 Å². The summed E-state index contributed by atoms with van der Waals surface area (Å²) in [5.74, 6) is -0.00435. The SMILES string of the molecule is CC(=O)Nc1ncnc2ccc(NC(=O)c3ccc(C)cc3)cc12. The molecular formula is C18H16N4O2. The molecule has 2 aromatic carbocycles. The zero-order valence-corrected chi connectivity index (χ0v) is 13.3. The number of carbonyl (C=O) groups is 2. The lowest BCUT2D eigenvalue weighted by Gasteiger charge is -2.09. The van der Waals surface area contributed by atoms with Crippen molar-refractivity contribution in [2.24, 2.45) is 0 Å². The summed E-state index contributed by atoms with van der Waals surface area (Å²) in [5.41, 5.74) is 2.96. The molecule has 1 aromatic heterocycles. The van der Waals surface area contributed by atoms with E-state index in [1.807, 2.05) is 19.1 Å². The average molecular weight is 320 g/mol. The first-order valence-corrected chi connectivity index (χ1v) is 7.43. The lowest BCUT2D eigenvalue weighted by Crippen LogP contribution is -2.12. The second-order valence-electron chi connectivity index (χ2n) is 5.46. The molecular weight excluding hydrogens is 304 g/mol. The lowest BCUT2D eigenvalue weighted by atomic mass is 10.1. The minimum absolute atomic E-state index is 0.202. The van der Waals surface area contributed by atoms with Crippen molar-refractivity contribution >= 4 is 34.2 Å². The standard InChI is InChI=1S/C18H16N4O2/c1-11-3-5-13(6-4-11)18(24)22-14-7-8-16-15(9-14)17(20-10-19-16)21-12(2)23/h3-10H,1-2H3,(H,22,24)(H,19,20,21,23). The van der Waals surface area contributed by atoms with Crippen molar-refractivity contribution < 1.29 is 9.59 Å². The van der Waals surface area contributed by atoms with E-state index in [4.69, 9.17) is 0 Å². The molecule has 2 N–H and O–H groups in total. The molecule has 0 fully saturated rings. The van der Waals surface area contributed by atoms with Crippen molar-refractivity contribution in [2.45, 2.75) is 13.8 Å². The molecule has 24 heavy (non-hydrogen) atoms. The van der Waals surface area contributed by atoms with Crippen molar-refractivity contribution in [1.82, 2.24) is 9.97 Å². The van der Waals surface area contributed by atoms with Crippen LogP contribution in [0.4, 0.5) is 11.5 Å². The fraction of sp³-hybridized carbons (Fsp3) is 0.111. The van der Waals surface area contributed by atoms with Crippen LogP contribution >= 0.6 is 0 Å². The van der Waals surface area contributed by atoms with Crippen LogP contribution in [0.3, 0.4) is 0 Å². The molecule has 0 bridgehead atoms. The summed E-state index contributed by atoms with van der Waals surface area (Å²) in [6.45, 7) is 3.38. The largest absolute Gasteiger partial charge is 0.322 e. The quantitative estimate of drug-likeness (QED) is 0.776. The van der Waals surface area contributed by atoms with Crippen molar-refractivity contribution in [1.29, 1.82) is 0 Å². The van der Waals surface area contributed by atoms with E-state index >= 15 is 0 Å². The van der Waals surface area contributed by atoms with Crippen molar-refractivity contribution in [3.63, 3.8) is 0 Å². The van der Waals surface area contributed by atoms with E-state index in [-0.39, 0.29) is 11.8 Å².